The molecule has 1 heterocycles. The van der Waals surface area contributed by atoms with Crippen molar-refractivity contribution in [3.05, 3.63) is 35.9 Å². The normalized spacial score (nSPS) is 20.7. The number of hydrogen-bond acceptors (Lipinski definition) is 4. The van der Waals surface area contributed by atoms with Crippen molar-refractivity contribution in [1.82, 2.24) is 5.32 Å². The summed E-state index contributed by atoms with van der Waals surface area (Å²) in [5, 5.41) is 2.83. The van der Waals surface area contributed by atoms with E-state index >= 15 is 0 Å². The molecule has 0 bridgehead atoms. The zero-order valence-corrected chi connectivity index (χ0v) is 11.4. The Kier molecular flexibility index (Phi) is 4.21. The Hall–Kier alpha value is -1.40. The molecule has 0 radical (unpaired) electrons. The standard InChI is InChI=1S/C13H18N2O3S/c14-12(10-4-2-1-3-5-10)13(16)15-11-6-8-19(17,18)9-7-11/h1-5,11-12H,6-9,14H2,(H,15,16)/t12-/m0/s1. The first-order chi connectivity index (χ1) is 8.98. The molecule has 104 valence electrons. The third kappa shape index (κ3) is 3.78. The lowest BCUT2D eigenvalue weighted by atomic mass is 10.1. The highest BCUT2D eigenvalue weighted by Gasteiger charge is 2.26. The van der Waals surface area contributed by atoms with E-state index in [0.29, 0.717) is 12.8 Å². The van der Waals surface area contributed by atoms with Crippen molar-refractivity contribution in [2.24, 2.45) is 5.73 Å². The Morgan fingerprint density at radius 1 is 1.21 bits per heavy atom. The van der Waals surface area contributed by atoms with Crippen LogP contribution in [0.25, 0.3) is 0 Å². The summed E-state index contributed by atoms with van der Waals surface area (Å²) in [6.45, 7) is 0. The molecule has 0 unspecified atom stereocenters. The largest absolute Gasteiger partial charge is 0.352 e. The lowest BCUT2D eigenvalue weighted by Crippen LogP contribution is -2.44. The molecule has 0 aliphatic carbocycles. The SMILES string of the molecule is N[C@H](C(=O)NC1CCS(=O)(=O)CC1)c1ccccc1. The molecule has 1 aliphatic rings. The fraction of sp³-hybridized carbons (Fsp3) is 0.462. The fourth-order valence-corrected chi connectivity index (χ4v) is 3.63. The van der Waals surface area contributed by atoms with Gasteiger partial charge in [0, 0.05) is 6.04 Å². The van der Waals surface area contributed by atoms with Gasteiger partial charge in [0.1, 0.15) is 15.9 Å². The number of carbonyl (C=O) groups excluding carboxylic acids is 1. The van der Waals surface area contributed by atoms with Gasteiger partial charge in [0.05, 0.1) is 11.5 Å². The van der Waals surface area contributed by atoms with Gasteiger partial charge in [-0.3, -0.25) is 4.79 Å². The number of benzene rings is 1. The van der Waals surface area contributed by atoms with E-state index in [9.17, 15) is 13.2 Å². The summed E-state index contributed by atoms with van der Waals surface area (Å²) in [6.07, 6.45) is 0.936. The molecule has 1 aromatic carbocycles. The van der Waals surface area contributed by atoms with E-state index in [0.717, 1.165) is 5.56 Å². The highest BCUT2D eigenvalue weighted by atomic mass is 32.2. The summed E-state index contributed by atoms with van der Waals surface area (Å²) in [4.78, 5) is 12.0. The minimum Gasteiger partial charge on any atom is -0.352 e. The summed E-state index contributed by atoms with van der Waals surface area (Å²) in [5.41, 5.74) is 6.63. The molecule has 0 spiro atoms. The van der Waals surface area contributed by atoms with Gasteiger partial charge < -0.3 is 11.1 Å². The molecule has 1 fully saturated rings. The number of nitrogens with two attached hydrogens (primary N) is 1. The monoisotopic (exact) mass is 282 g/mol. The third-order valence-corrected chi connectivity index (χ3v) is 5.06. The van der Waals surface area contributed by atoms with E-state index in [4.69, 9.17) is 5.73 Å². The van der Waals surface area contributed by atoms with Crippen LogP contribution in [0.4, 0.5) is 0 Å². The summed E-state index contributed by atoms with van der Waals surface area (Å²) in [7, 11) is -2.91. The molecule has 1 saturated heterocycles. The Balaban J connectivity index is 1.92. The number of nitrogens with one attached hydrogen (secondary N) is 1. The zero-order chi connectivity index (χ0) is 13.9. The lowest BCUT2D eigenvalue weighted by Gasteiger charge is -2.24. The molecule has 1 atom stereocenters. The quantitative estimate of drug-likeness (QED) is 0.838. The molecule has 1 aromatic rings. The van der Waals surface area contributed by atoms with Gasteiger partial charge in [0.2, 0.25) is 5.91 Å². The summed E-state index contributed by atoms with van der Waals surface area (Å²) in [5.74, 6) is 0.0207. The molecule has 2 rings (SSSR count). The van der Waals surface area contributed by atoms with Gasteiger partial charge >= 0.3 is 0 Å². The minimum absolute atomic E-state index is 0.0919. The molecule has 0 saturated carbocycles. The van der Waals surface area contributed by atoms with Crippen molar-refractivity contribution in [2.75, 3.05) is 11.5 Å². The minimum atomic E-state index is -2.91. The van der Waals surface area contributed by atoms with Gasteiger partial charge in [-0.25, -0.2) is 8.42 Å². The van der Waals surface area contributed by atoms with Crippen LogP contribution in [0.3, 0.4) is 0 Å². The maximum atomic E-state index is 12.0. The van der Waals surface area contributed by atoms with Crippen molar-refractivity contribution < 1.29 is 13.2 Å². The van der Waals surface area contributed by atoms with Gasteiger partial charge in [-0.05, 0) is 18.4 Å². The van der Waals surface area contributed by atoms with Crippen molar-refractivity contribution in [3.8, 4) is 0 Å². The Bertz CT molecular complexity index is 528. The van der Waals surface area contributed by atoms with Crippen LogP contribution < -0.4 is 11.1 Å². The van der Waals surface area contributed by atoms with Gasteiger partial charge in [-0.15, -0.1) is 0 Å². The van der Waals surface area contributed by atoms with Crippen LogP contribution in [0.2, 0.25) is 0 Å². The third-order valence-electron chi connectivity index (χ3n) is 3.34. The van der Waals surface area contributed by atoms with E-state index in [1.807, 2.05) is 18.2 Å². The van der Waals surface area contributed by atoms with Gasteiger partial charge in [0.25, 0.3) is 0 Å². The van der Waals surface area contributed by atoms with E-state index in [2.05, 4.69) is 5.32 Å². The topological polar surface area (TPSA) is 89.3 Å². The molecule has 3 N–H and O–H groups in total. The number of hydrogen-bond donors (Lipinski definition) is 2. The van der Waals surface area contributed by atoms with Crippen LogP contribution >= 0.6 is 0 Å². The lowest BCUT2D eigenvalue weighted by molar-refractivity contribution is -0.123. The molecule has 5 nitrogen and oxygen atoms in total. The van der Waals surface area contributed by atoms with E-state index < -0.39 is 15.9 Å². The van der Waals surface area contributed by atoms with Crippen LogP contribution in [0.15, 0.2) is 30.3 Å². The van der Waals surface area contributed by atoms with Crippen molar-refractivity contribution in [2.45, 2.75) is 24.9 Å². The first kappa shape index (κ1) is 14.0. The molecular formula is C13H18N2O3S. The summed E-state index contributed by atoms with van der Waals surface area (Å²) in [6, 6.07) is 8.32. The molecule has 19 heavy (non-hydrogen) atoms. The number of carbonyl (C=O) groups is 1. The van der Waals surface area contributed by atoms with Crippen LogP contribution in [-0.4, -0.2) is 31.9 Å². The first-order valence-electron chi connectivity index (χ1n) is 6.29. The average molecular weight is 282 g/mol. The van der Waals surface area contributed by atoms with Crippen LogP contribution in [0, 0.1) is 0 Å². The maximum absolute atomic E-state index is 12.0. The highest BCUT2D eigenvalue weighted by Crippen LogP contribution is 2.14. The second-order valence-electron chi connectivity index (χ2n) is 4.82. The van der Waals surface area contributed by atoms with E-state index in [1.54, 1.807) is 12.1 Å². The second-order valence-corrected chi connectivity index (χ2v) is 7.13. The van der Waals surface area contributed by atoms with Gasteiger partial charge in [-0.2, -0.15) is 0 Å². The van der Waals surface area contributed by atoms with E-state index in [1.165, 1.54) is 0 Å². The Morgan fingerprint density at radius 3 is 2.37 bits per heavy atom. The molecule has 6 heteroatoms. The van der Waals surface area contributed by atoms with Gasteiger partial charge in [0.15, 0.2) is 0 Å². The number of sulfone groups is 1. The van der Waals surface area contributed by atoms with Crippen LogP contribution in [0.5, 0.6) is 0 Å². The smallest absolute Gasteiger partial charge is 0.241 e. The number of rotatable bonds is 3. The van der Waals surface area contributed by atoms with E-state index in [-0.39, 0.29) is 23.5 Å². The summed E-state index contributed by atoms with van der Waals surface area (Å²) < 4.78 is 22.6. The second kappa shape index (κ2) is 5.71. The van der Waals surface area contributed by atoms with Crippen molar-refractivity contribution in [1.29, 1.82) is 0 Å². The Labute approximate surface area is 113 Å². The molecule has 1 amide bonds. The number of amides is 1. The first-order valence-corrected chi connectivity index (χ1v) is 8.11. The van der Waals surface area contributed by atoms with Crippen molar-refractivity contribution >= 4 is 15.7 Å². The molecule has 0 aromatic heterocycles. The highest BCUT2D eigenvalue weighted by molar-refractivity contribution is 7.91. The van der Waals surface area contributed by atoms with Gasteiger partial charge in [-0.1, -0.05) is 30.3 Å². The van der Waals surface area contributed by atoms with Crippen molar-refractivity contribution in [3.63, 3.8) is 0 Å². The molecular weight excluding hydrogens is 264 g/mol. The van der Waals surface area contributed by atoms with Crippen LogP contribution in [0.1, 0.15) is 24.4 Å². The fourth-order valence-electron chi connectivity index (χ4n) is 2.14. The molecule has 1 aliphatic heterocycles. The Morgan fingerprint density at radius 2 is 1.79 bits per heavy atom. The zero-order valence-electron chi connectivity index (χ0n) is 10.6. The maximum Gasteiger partial charge on any atom is 0.241 e. The predicted octanol–water partition coefficient (Wildman–Crippen LogP) is 0.380. The summed E-state index contributed by atoms with van der Waals surface area (Å²) >= 11 is 0. The predicted molar refractivity (Wildman–Crippen MR) is 73.2 cm³/mol. The van der Waals surface area contributed by atoms with Crippen LogP contribution in [-0.2, 0) is 14.6 Å². The average Bonchev–Trinajstić information content (AvgIpc) is 2.41.